The predicted octanol–water partition coefficient (Wildman–Crippen LogP) is 3.03. The summed E-state index contributed by atoms with van der Waals surface area (Å²) in [5.74, 6) is -0.463. The minimum Gasteiger partial charge on any atom is -0.469 e. The zero-order valence-corrected chi connectivity index (χ0v) is 11.8. The first-order chi connectivity index (χ1) is 7.95. The SMILES string of the molecule is COC(=O)Cc1cc(C(Cl)C(C)=O)ccc1Br. The normalized spacial score (nSPS) is 12.0. The molecular formula is C12H12BrClO3. The fourth-order valence-electron chi connectivity index (χ4n) is 1.35. The molecule has 1 atom stereocenters. The maximum Gasteiger partial charge on any atom is 0.310 e. The molecule has 1 aromatic carbocycles. The molecule has 1 unspecified atom stereocenters. The van der Waals surface area contributed by atoms with Crippen LogP contribution in [0.1, 0.15) is 23.4 Å². The number of esters is 1. The highest BCUT2D eigenvalue weighted by atomic mass is 79.9. The van der Waals surface area contributed by atoms with Gasteiger partial charge in [0.05, 0.1) is 13.5 Å². The number of halogens is 2. The summed E-state index contributed by atoms with van der Waals surface area (Å²) in [6.45, 7) is 1.43. The van der Waals surface area contributed by atoms with E-state index in [0.717, 1.165) is 10.0 Å². The number of ketones is 1. The summed E-state index contributed by atoms with van der Waals surface area (Å²) < 4.78 is 5.39. The molecule has 1 rings (SSSR count). The first-order valence-corrected chi connectivity index (χ1v) is 6.18. The second-order valence-corrected chi connectivity index (χ2v) is 4.87. The quantitative estimate of drug-likeness (QED) is 0.633. The summed E-state index contributed by atoms with van der Waals surface area (Å²) in [7, 11) is 1.33. The monoisotopic (exact) mass is 318 g/mol. The van der Waals surface area contributed by atoms with Crippen molar-refractivity contribution < 1.29 is 14.3 Å². The molecule has 5 heteroatoms. The van der Waals surface area contributed by atoms with Crippen LogP contribution in [0.4, 0.5) is 0 Å². The predicted molar refractivity (Wildman–Crippen MR) is 69.1 cm³/mol. The van der Waals surface area contributed by atoms with Gasteiger partial charge in [0, 0.05) is 4.47 Å². The molecule has 0 radical (unpaired) electrons. The van der Waals surface area contributed by atoms with Crippen molar-refractivity contribution in [2.75, 3.05) is 7.11 Å². The van der Waals surface area contributed by atoms with E-state index in [0.29, 0.717) is 5.56 Å². The van der Waals surface area contributed by atoms with Crippen molar-refractivity contribution in [3.05, 3.63) is 33.8 Å². The van der Waals surface area contributed by atoms with Crippen molar-refractivity contribution in [2.45, 2.75) is 18.7 Å². The van der Waals surface area contributed by atoms with Crippen LogP contribution in [0, 0.1) is 0 Å². The number of carbonyl (C=O) groups excluding carboxylic acids is 2. The van der Waals surface area contributed by atoms with Crippen molar-refractivity contribution in [2.24, 2.45) is 0 Å². The van der Waals surface area contributed by atoms with Gasteiger partial charge in [-0.25, -0.2) is 0 Å². The van der Waals surface area contributed by atoms with Crippen LogP contribution in [-0.2, 0) is 20.7 Å². The van der Waals surface area contributed by atoms with E-state index in [1.54, 1.807) is 18.2 Å². The Morgan fingerprint density at radius 3 is 2.65 bits per heavy atom. The van der Waals surface area contributed by atoms with Gasteiger partial charge in [0.25, 0.3) is 0 Å². The van der Waals surface area contributed by atoms with Crippen molar-refractivity contribution in [1.82, 2.24) is 0 Å². The van der Waals surface area contributed by atoms with Gasteiger partial charge in [-0.3, -0.25) is 9.59 Å². The van der Waals surface area contributed by atoms with E-state index in [4.69, 9.17) is 11.6 Å². The molecule has 0 fully saturated rings. The number of rotatable bonds is 4. The number of hydrogen-bond acceptors (Lipinski definition) is 3. The van der Waals surface area contributed by atoms with Crippen LogP contribution in [0.3, 0.4) is 0 Å². The van der Waals surface area contributed by atoms with Crippen molar-refractivity contribution in [3.8, 4) is 0 Å². The number of alkyl halides is 1. The molecule has 1 aromatic rings. The van der Waals surface area contributed by atoms with Gasteiger partial charge in [-0.1, -0.05) is 28.1 Å². The molecule has 3 nitrogen and oxygen atoms in total. The molecule has 0 bridgehead atoms. The number of Topliss-reactive ketones (excluding diaryl/α,β-unsaturated/α-hetero) is 1. The second-order valence-electron chi connectivity index (χ2n) is 3.58. The third-order valence-electron chi connectivity index (χ3n) is 2.28. The van der Waals surface area contributed by atoms with E-state index >= 15 is 0 Å². The van der Waals surface area contributed by atoms with Crippen LogP contribution < -0.4 is 0 Å². The van der Waals surface area contributed by atoms with Crippen LogP contribution in [-0.4, -0.2) is 18.9 Å². The molecule has 17 heavy (non-hydrogen) atoms. The van der Waals surface area contributed by atoms with E-state index in [1.165, 1.54) is 14.0 Å². The average molecular weight is 320 g/mol. The highest BCUT2D eigenvalue weighted by Gasteiger charge is 2.15. The van der Waals surface area contributed by atoms with E-state index < -0.39 is 5.38 Å². The molecule has 0 heterocycles. The average Bonchev–Trinajstić information content (AvgIpc) is 2.30. The van der Waals surface area contributed by atoms with Crippen LogP contribution in [0.15, 0.2) is 22.7 Å². The van der Waals surface area contributed by atoms with Crippen molar-refractivity contribution in [3.63, 3.8) is 0 Å². The molecule has 0 aliphatic heterocycles. The van der Waals surface area contributed by atoms with E-state index in [2.05, 4.69) is 20.7 Å². The summed E-state index contributed by atoms with van der Waals surface area (Å²) in [4.78, 5) is 22.4. The Labute approximate surface area is 113 Å². The Kier molecular flexibility index (Phi) is 5.15. The Hall–Kier alpha value is -0.870. The number of ether oxygens (including phenoxy) is 1. The first-order valence-electron chi connectivity index (χ1n) is 4.95. The lowest BCUT2D eigenvalue weighted by Gasteiger charge is -2.09. The lowest BCUT2D eigenvalue weighted by atomic mass is 10.0. The van der Waals surface area contributed by atoms with Crippen LogP contribution >= 0.6 is 27.5 Å². The minimum atomic E-state index is -0.681. The Bertz CT molecular complexity index is 445. The zero-order chi connectivity index (χ0) is 13.0. The van der Waals surface area contributed by atoms with Crippen LogP contribution in [0.5, 0.6) is 0 Å². The Morgan fingerprint density at radius 2 is 2.12 bits per heavy atom. The largest absolute Gasteiger partial charge is 0.469 e. The lowest BCUT2D eigenvalue weighted by molar-refractivity contribution is -0.139. The molecule has 0 saturated heterocycles. The van der Waals surface area contributed by atoms with Gasteiger partial charge in [-0.05, 0) is 24.1 Å². The molecule has 0 aliphatic carbocycles. The molecule has 0 N–H and O–H groups in total. The maximum atomic E-state index is 11.2. The standard InChI is InChI=1S/C12H12BrClO3/c1-7(15)12(14)8-3-4-10(13)9(5-8)6-11(16)17-2/h3-5,12H,6H2,1-2H3. The third-order valence-corrected chi connectivity index (χ3v) is 3.61. The topological polar surface area (TPSA) is 43.4 Å². The summed E-state index contributed by atoms with van der Waals surface area (Å²) in [5, 5.41) is -0.681. The fourth-order valence-corrected chi connectivity index (χ4v) is 1.87. The highest BCUT2D eigenvalue weighted by molar-refractivity contribution is 9.10. The van der Waals surface area contributed by atoms with E-state index in [9.17, 15) is 9.59 Å². The molecular weight excluding hydrogens is 307 g/mol. The molecule has 0 aromatic heterocycles. The first kappa shape index (κ1) is 14.2. The second kappa shape index (κ2) is 6.17. The lowest BCUT2D eigenvalue weighted by Crippen LogP contribution is -2.07. The smallest absolute Gasteiger partial charge is 0.310 e. The number of hydrogen-bond donors (Lipinski definition) is 0. The summed E-state index contributed by atoms with van der Waals surface area (Å²) >= 11 is 9.29. The fraction of sp³-hybridized carbons (Fsp3) is 0.333. The number of carbonyl (C=O) groups is 2. The van der Waals surface area contributed by atoms with Gasteiger partial charge in [0.2, 0.25) is 0 Å². The third kappa shape index (κ3) is 3.82. The summed E-state index contributed by atoms with van der Waals surface area (Å²) in [6, 6.07) is 5.26. The summed E-state index contributed by atoms with van der Waals surface area (Å²) in [6.07, 6.45) is 0.145. The van der Waals surface area contributed by atoms with Gasteiger partial charge < -0.3 is 4.74 Å². The van der Waals surface area contributed by atoms with Gasteiger partial charge >= 0.3 is 5.97 Å². The van der Waals surface area contributed by atoms with Crippen molar-refractivity contribution in [1.29, 1.82) is 0 Å². The minimum absolute atomic E-state index is 0.127. The number of methoxy groups -OCH3 is 1. The van der Waals surface area contributed by atoms with Gasteiger partial charge in [-0.15, -0.1) is 11.6 Å². The highest BCUT2D eigenvalue weighted by Crippen LogP contribution is 2.26. The van der Waals surface area contributed by atoms with Crippen LogP contribution in [0.2, 0.25) is 0 Å². The van der Waals surface area contributed by atoms with Crippen LogP contribution in [0.25, 0.3) is 0 Å². The van der Waals surface area contributed by atoms with Gasteiger partial charge in [-0.2, -0.15) is 0 Å². The van der Waals surface area contributed by atoms with Gasteiger partial charge in [0.15, 0.2) is 5.78 Å². The molecule has 0 amide bonds. The van der Waals surface area contributed by atoms with E-state index in [1.807, 2.05) is 0 Å². The Morgan fingerprint density at radius 1 is 1.47 bits per heavy atom. The van der Waals surface area contributed by atoms with Gasteiger partial charge in [0.1, 0.15) is 5.38 Å². The Balaban J connectivity index is 3.02. The summed E-state index contributed by atoms with van der Waals surface area (Å²) in [5.41, 5.74) is 1.43. The number of benzene rings is 1. The molecule has 0 spiro atoms. The maximum absolute atomic E-state index is 11.2. The van der Waals surface area contributed by atoms with E-state index in [-0.39, 0.29) is 18.2 Å². The van der Waals surface area contributed by atoms with Crippen molar-refractivity contribution >= 4 is 39.3 Å². The zero-order valence-electron chi connectivity index (χ0n) is 9.50. The molecule has 0 saturated carbocycles. The molecule has 92 valence electrons. The molecule has 0 aliphatic rings.